The summed E-state index contributed by atoms with van der Waals surface area (Å²) in [7, 11) is 0. The van der Waals surface area contributed by atoms with Crippen LogP contribution in [0.3, 0.4) is 0 Å². The number of rotatable bonds is 6. The summed E-state index contributed by atoms with van der Waals surface area (Å²) in [5, 5.41) is 1.18. The molecule has 32 heavy (non-hydrogen) atoms. The van der Waals surface area contributed by atoms with Crippen LogP contribution in [0.5, 0.6) is 11.5 Å². The molecule has 3 heteroatoms. The van der Waals surface area contributed by atoms with Crippen LogP contribution in [-0.4, -0.2) is 24.5 Å². The molecule has 162 valence electrons. The maximum absolute atomic E-state index is 6.54. The summed E-state index contributed by atoms with van der Waals surface area (Å²) in [5.74, 6) is 1.84. The van der Waals surface area contributed by atoms with Crippen LogP contribution in [0.1, 0.15) is 30.0 Å². The molecular formula is C29H29NOS. The molecule has 0 aliphatic carbocycles. The predicted octanol–water partition coefficient (Wildman–Crippen LogP) is 8.09. The van der Waals surface area contributed by atoms with E-state index >= 15 is 0 Å². The third kappa shape index (κ3) is 4.23. The first-order valence-corrected chi connectivity index (χ1v) is 12.2. The molecule has 0 unspecified atom stereocenters. The quantitative estimate of drug-likeness (QED) is 0.301. The van der Waals surface area contributed by atoms with Gasteiger partial charge in [-0.2, -0.15) is 0 Å². The first kappa shape index (κ1) is 21.0. The molecule has 1 saturated heterocycles. The Morgan fingerprint density at radius 2 is 1.75 bits per heavy atom. The van der Waals surface area contributed by atoms with Gasteiger partial charge >= 0.3 is 0 Å². The molecule has 0 amide bonds. The van der Waals surface area contributed by atoms with Crippen LogP contribution in [0.25, 0.3) is 26.6 Å². The number of aryl methyl sites for hydroxylation is 2. The number of thiophene rings is 1. The van der Waals surface area contributed by atoms with Crippen molar-refractivity contribution in [3.8, 4) is 21.9 Å². The van der Waals surface area contributed by atoms with Gasteiger partial charge < -0.3 is 4.74 Å². The van der Waals surface area contributed by atoms with Crippen LogP contribution in [0, 0.1) is 13.8 Å². The Bertz CT molecular complexity index is 1270. The molecule has 0 saturated carbocycles. The van der Waals surface area contributed by atoms with Crippen molar-refractivity contribution < 1.29 is 4.74 Å². The molecule has 5 rings (SSSR count). The molecule has 2 heterocycles. The molecule has 0 atom stereocenters. The molecule has 1 fully saturated rings. The average Bonchev–Trinajstić information content (AvgIpc) is 3.11. The Morgan fingerprint density at radius 3 is 2.50 bits per heavy atom. The Labute approximate surface area is 194 Å². The summed E-state index contributed by atoms with van der Waals surface area (Å²) >= 11 is 1.81. The summed E-state index contributed by atoms with van der Waals surface area (Å²) < 4.78 is 7.81. The molecule has 0 bridgehead atoms. The number of benzene rings is 3. The Kier molecular flexibility index (Phi) is 5.86. The van der Waals surface area contributed by atoms with E-state index in [4.69, 9.17) is 4.74 Å². The standard InChI is InChI=1S/C29H29NOS/c1-4-15-30-18-23(19-30)17-22-10-12-24(13-11-22)31-28-26-14-9-20(2)16-27(26)32-29(28)25-8-6-5-7-21(25)3/h5-14,16-17H,4,15,18-19H2,1-3H3. The summed E-state index contributed by atoms with van der Waals surface area (Å²) in [6.45, 7) is 9.95. The van der Waals surface area contributed by atoms with E-state index in [9.17, 15) is 0 Å². The largest absolute Gasteiger partial charge is 0.455 e. The van der Waals surface area contributed by atoms with Crippen LogP contribution in [0.4, 0.5) is 0 Å². The molecule has 4 aromatic rings. The van der Waals surface area contributed by atoms with Crippen LogP contribution < -0.4 is 4.74 Å². The van der Waals surface area contributed by atoms with Crippen molar-refractivity contribution >= 4 is 27.5 Å². The van der Waals surface area contributed by atoms with E-state index in [0.717, 1.165) is 24.6 Å². The minimum Gasteiger partial charge on any atom is -0.455 e. The summed E-state index contributed by atoms with van der Waals surface area (Å²) in [5.41, 5.74) is 6.53. The highest BCUT2D eigenvalue weighted by molar-refractivity contribution is 7.22. The van der Waals surface area contributed by atoms with Gasteiger partial charge in [-0.15, -0.1) is 11.3 Å². The third-order valence-electron chi connectivity index (χ3n) is 6.05. The number of nitrogens with zero attached hydrogens (tertiary/aromatic N) is 1. The van der Waals surface area contributed by atoms with Crippen molar-refractivity contribution in [3.05, 3.63) is 89.0 Å². The van der Waals surface area contributed by atoms with Gasteiger partial charge in [0.2, 0.25) is 0 Å². The second-order valence-corrected chi connectivity index (χ2v) is 9.81. The topological polar surface area (TPSA) is 12.5 Å². The predicted molar refractivity (Wildman–Crippen MR) is 138 cm³/mol. The second-order valence-electron chi connectivity index (χ2n) is 8.76. The van der Waals surface area contributed by atoms with E-state index in [2.05, 4.69) is 98.5 Å². The fraction of sp³-hybridized carbons (Fsp3) is 0.241. The highest BCUT2D eigenvalue weighted by Gasteiger charge is 2.19. The fourth-order valence-electron chi connectivity index (χ4n) is 4.37. The summed E-state index contributed by atoms with van der Waals surface area (Å²) in [6, 6.07) is 23.7. The van der Waals surface area contributed by atoms with Crippen molar-refractivity contribution in [2.24, 2.45) is 0 Å². The lowest BCUT2D eigenvalue weighted by molar-refractivity contribution is 0.253. The number of ether oxygens (including phenoxy) is 1. The highest BCUT2D eigenvalue weighted by atomic mass is 32.1. The minimum atomic E-state index is 0.878. The van der Waals surface area contributed by atoms with Gasteiger partial charge in [-0.3, -0.25) is 4.90 Å². The van der Waals surface area contributed by atoms with E-state index in [1.807, 2.05) is 11.3 Å². The molecule has 0 N–H and O–H groups in total. The number of likely N-dealkylation sites (tertiary alicyclic amines) is 1. The van der Waals surface area contributed by atoms with Gasteiger partial charge in [-0.1, -0.05) is 55.5 Å². The SMILES string of the molecule is CCCN1CC(=Cc2ccc(Oc3c(-c4ccccc4C)sc4cc(C)ccc34)cc2)C1. The monoisotopic (exact) mass is 439 g/mol. The molecule has 1 aliphatic heterocycles. The zero-order valence-electron chi connectivity index (χ0n) is 19.0. The zero-order chi connectivity index (χ0) is 22.1. The van der Waals surface area contributed by atoms with Gasteiger partial charge in [0.1, 0.15) is 5.75 Å². The minimum absolute atomic E-state index is 0.878. The maximum Gasteiger partial charge on any atom is 0.153 e. The zero-order valence-corrected chi connectivity index (χ0v) is 19.8. The van der Waals surface area contributed by atoms with Gasteiger partial charge in [0.15, 0.2) is 5.75 Å². The molecular weight excluding hydrogens is 410 g/mol. The van der Waals surface area contributed by atoms with Crippen LogP contribution >= 0.6 is 11.3 Å². The molecule has 0 radical (unpaired) electrons. The molecule has 0 spiro atoms. The number of hydrogen-bond acceptors (Lipinski definition) is 3. The van der Waals surface area contributed by atoms with Gasteiger partial charge in [0.05, 0.1) is 4.88 Å². The molecule has 1 aliphatic rings. The van der Waals surface area contributed by atoms with Gasteiger partial charge in [-0.05, 0) is 78.9 Å². The number of hydrogen-bond donors (Lipinski definition) is 0. The Morgan fingerprint density at radius 1 is 0.969 bits per heavy atom. The molecule has 1 aromatic heterocycles. The van der Waals surface area contributed by atoms with E-state index in [1.54, 1.807) is 0 Å². The lowest BCUT2D eigenvalue weighted by Gasteiger charge is -2.33. The van der Waals surface area contributed by atoms with Crippen LogP contribution in [0.15, 0.2) is 72.3 Å². The normalized spacial score (nSPS) is 13.9. The third-order valence-corrected chi connectivity index (χ3v) is 7.22. The smallest absolute Gasteiger partial charge is 0.153 e. The lowest BCUT2D eigenvalue weighted by atomic mass is 10.0. The highest BCUT2D eigenvalue weighted by Crippen LogP contribution is 2.47. The Balaban J connectivity index is 1.44. The van der Waals surface area contributed by atoms with E-state index < -0.39 is 0 Å². The van der Waals surface area contributed by atoms with Crippen molar-refractivity contribution in [2.75, 3.05) is 19.6 Å². The van der Waals surface area contributed by atoms with E-state index in [0.29, 0.717) is 0 Å². The van der Waals surface area contributed by atoms with Crippen molar-refractivity contribution in [3.63, 3.8) is 0 Å². The first-order valence-electron chi connectivity index (χ1n) is 11.4. The van der Waals surface area contributed by atoms with Gasteiger partial charge in [0, 0.05) is 23.2 Å². The maximum atomic E-state index is 6.54. The lowest BCUT2D eigenvalue weighted by Crippen LogP contribution is -2.40. The first-order chi connectivity index (χ1) is 15.6. The molecule has 2 nitrogen and oxygen atoms in total. The summed E-state index contributed by atoms with van der Waals surface area (Å²) in [4.78, 5) is 3.68. The van der Waals surface area contributed by atoms with Gasteiger partial charge in [-0.25, -0.2) is 0 Å². The Hall–Kier alpha value is -2.88. The second kappa shape index (κ2) is 8.93. The average molecular weight is 440 g/mol. The van der Waals surface area contributed by atoms with Crippen molar-refractivity contribution in [1.29, 1.82) is 0 Å². The number of fused-ring (bicyclic) bond motifs is 1. The molecule has 3 aromatic carbocycles. The van der Waals surface area contributed by atoms with Crippen LogP contribution in [0.2, 0.25) is 0 Å². The van der Waals surface area contributed by atoms with E-state index in [1.165, 1.54) is 55.8 Å². The fourth-order valence-corrected chi connectivity index (χ4v) is 5.68. The van der Waals surface area contributed by atoms with Crippen molar-refractivity contribution in [1.82, 2.24) is 4.90 Å². The summed E-state index contributed by atoms with van der Waals surface area (Å²) in [6.07, 6.45) is 3.54. The van der Waals surface area contributed by atoms with Gasteiger partial charge in [0.25, 0.3) is 0 Å². The van der Waals surface area contributed by atoms with Crippen molar-refractivity contribution in [2.45, 2.75) is 27.2 Å². The van der Waals surface area contributed by atoms with Crippen LogP contribution in [-0.2, 0) is 0 Å². The van der Waals surface area contributed by atoms with E-state index in [-0.39, 0.29) is 0 Å².